The van der Waals surface area contributed by atoms with Gasteiger partial charge in [0.2, 0.25) is 5.91 Å². The molecule has 0 radical (unpaired) electrons. The molecule has 0 saturated carbocycles. The van der Waals surface area contributed by atoms with Gasteiger partial charge in [-0.3, -0.25) is 14.5 Å². The second-order valence-electron chi connectivity index (χ2n) is 7.54. The van der Waals surface area contributed by atoms with Crippen molar-refractivity contribution in [1.82, 2.24) is 14.8 Å². The van der Waals surface area contributed by atoms with Gasteiger partial charge < -0.3 is 4.90 Å². The molecular formula is C20H31N3O2S. The van der Waals surface area contributed by atoms with Crippen LogP contribution < -0.4 is 0 Å². The third-order valence-electron chi connectivity index (χ3n) is 5.48. The minimum Gasteiger partial charge on any atom is -0.340 e. The third kappa shape index (κ3) is 4.52. The predicted octanol–water partition coefficient (Wildman–Crippen LogP) is 3.52. The number of carbonyl (C=O) groups is 2. The molecule has 5 nitrogen and oxygen atoms in total. The van der Waals surface area contributed by atoms with Crippen molar-refractivity contribution in [3.63, 3.8) is 0 Å². The Kier molecular flexibility index (Phi) is 6.81. The Morgan fingerprint density at radius 2 is 1.81 bits per heavy atom. The molecule has 1 aromatic rings. The summed E-state index contributed by atoms with van der Waals surface area (Å²) in [5, 5.41) is 1.06. The summed E-state index contributed by atoms with van der Waals surface area (Å²) in [5.41, 5.74) is 1.01. The Morgan fingerprint density at radius 3 is 2.42 bits per heavy atom. The zero-order valence-corrected chi connectivity index (χ0v) is 16.9. The molecule has 26 heavy (non-hydrogen) atoms. The Labute approximate surface area is 160 Å². The quantitative estimate of drug-likeness (QED) is 0.729. The Morgan fingerprint density at radius 1 is 1.12 bits per heavy atom. The molecule has 0 bridgehead atoms. The monoisotopic (exact) mass is 377 g/mol. The number of hydrogen-bond donors (Lipinski definition) is 0. The lowest BCUT2D eigenvalue weighted by molar-refractivity contribution is -0.137. The van der Waals surface area contributed by atoms with Gasteiger partial charge in [0, 0.05) is 38.5 Å². The number of rotatable bonds is 7. The van der Waals surface area contributed by atoms with E-state index in [-0.39, 0.29) is 11.7 Å². The van der Waals surface area contributed by atoms with Gasteiger partial charge in [0.1, 0.15) is 5.01 Å². The van der Waals surface area contributed by atoms with Gasteiger partial charge >= 0.3 is 0 Å². The first-order chi connectivity index (χ1) is 12.6. The fourth-order valence-corrected chi connectivity index (χ4v) is 5.17. The number of ketones is 1. The molecule has 1 saturated heterocycles. The van der Waals surface area contributed by atoms with Crippen LogP contribution in [0.25, 0.3) is 0 Å². The van der Waals surface area contributed by atoms with E-state index in [4.69, 9.17) is 4.98 Å². The first-order valence-corrected chi connectivity index (χ1v) is 11.0. The number of hydrogen-bond acceptors (Lipinski definition) is 5. The summed E-state index contributed by atoms with van der Waals surface area (Å²) in [7, 11) is 0. The molecule has 6 heteroatoms. The minimum absolute atomic E-state index is 0.202. The number of fused-ring (bicyclic) bond motifs is 1. The molecule has 1 aliphatic carbocycles. The van der Waals surface area contributed by atoms with Crippen molar-refractivity contribution in [2.45, 2.75) is 65.3 Å². The van der Waals surface area contributed by atoms with Gasteiger partial charge in [-0.25, -0.2) is 4.98 Å². The Hall–Kier alpha value is -1.27. The molecular weight excluding hydrogens is 346 g/mol. The lowest BCUT2D eigenvalue weighted by Gasteiger charge is -2.36. The SMILES string of the molecule is CCCC(CCC)C(=O)N1CCN(Cc2nc3c(s2)C(=O)CCC3)CC1. The van der Waals surface area contributed by atoms with Gasteiger partial charge in [0.25, 0.3) is 0 Å². The number of Topliss-reactive ketones (excluding diaryl/α,β-unsaturated/α-hetero) is 1. The second kappa shape index (κ2) is 9.09. The molecule has 1 aromatic heterocycles. The van der Waals surface area contributed by atoms with Crippen LogP contribution in [0.4, 0.5) is 0 Å². The van der Waals surface area contributed by atoms with Gasteiger partial charge in [0.05, 0.1) is 17.1 Å². The maximum absolute atomic E-state index is 12.8. The molecule has 0 aromatic carbocycles. The van der Waals surface area contributed by atoms with Crippen LogP contribution in [0, 0.1) is 5.92 Å². The molecule has 144 valence electrons. The molecule has 1 fully saturated rings. The molecule has 2 aliphatic rings. The van der Waals surface area contributed by atoms with Crippen molar-refractivity contribution in [1.29, 1.82) is 0 Å². The van der Waals surface area contributed by atoms with Gasteiger partial charge in [0.15, 0.2) is 5.78 Å². The summed E-state index contributed by atoms with van der Waals surface area (Å²) in [6.07, 6.45) is 6.71. The lowest BCUT2D eigenvalue weighted by Crippen LogP contribution is -2.50. The first-order valence-electron chi connectivity index (χ1n) is 10.1. The highest BCUT2D eigenvalue weighted by Gasteiger charge is 2.28. The normalized spacial score (nSPS) is 18.4. The van der Waals surface area contributed by atoms with Gasteiger partial charge in [-0.15, -0.1) is 11.3 Å². The average Bonchev–Trinajstić information content (AvgIpc) is 3.05. The zero-order valence-electron chi connectivity index (χ0n) is 16.1. The van der Waals surface area contributed by atoms with Crippen LogP contribution in [0.2, 0.25) is 0 Å². The standard InChI is InChI=1S/C20H31N3O2S/c1-3-6-15(7-4-2)20(25)23-12-10-22(11-13-23)14-18-21-16-8-5-9-17(24)19(16)26-18/h15H,3-14H2,1-2H3. The minimum atomic E-state index is 0.202. The molecule has 3 rings (SSSR count). The number of carbonyl (C=O) groups excluding carboxylic acids is 2. The maximum atomic E-state index is 12.8. The highest BCUT2D eigenvalue weighted by Crippen LogP contribution is 2.27. The summed E-state index contributed by atoms with van der Waals surface area (Å²) in [6, 6.07) is 0. The summed E-state index contributed by atoms with van der Waals surface area (Å²) < 4.78 is 0. The van der Waals surface area contributed by atoms with E-state index in [0.29, 0.717) is 12.3 Å². The highest BCUT2D eigenvalue weighted by atomic mass is 32.1. The first kappa shape index (κ1) is 19.5. The van der Waals surface area contributed by atoms with E-state index in [1.165, 1.54) is 0 Å². The summed E-state index contributed by atoms with van der Waals surface area (Å²) >= 11 is 1.58. The van der Waals surface area contributed by atoms with Crippen LogP contribution in [0.15, 0.2) is 0 Å². The smallest absolute Gasteiger partial charge is 0.225 e. The van der Waals surface area contributed by atoms with Crippen molar-refractivity contribution in [3.05, 3.63) is 15.6 Å². The van der Waals surface area contributed by atoms with Crippen molar-refractivity contribution in [2.75, 3.05) is 26.2 Å². The predicted molar refractivity (Wildman–Crippen MR) is 105 cm³/mol. The summed E-state index contributed by atoms with van der Waals surface area (Å²) in [5.74, 6) is 0.820. The van der Waals surface area contributed by atoms with E-state index in [2.05, 4.69) is 23.6 Å². The number of nitrogens with zero attached hydrogens (tertiary/aromatic N) is 3. The maximum Gasteiger partial charge on any atom is 0.225 e. The van der Waals surface area contributed by atoms with E-state index >= 15 is 0 Å². The van der Waals surface area contributed by atoms with E-state index < -0.39 is 0 Å². The van der Waals surface area contributed by atoms with Crippen molar-refractivity contribution < 1.29 is 9.59 Å². The molecule has 0 spiro atoms. The number of thiazole rings is 1. The van der Waals surface area contributed by atoms with E-state index in [1.54, 1.807) is 11.3 Å². The zero-order chi connectivity index (χ0) is 18.5. The van der Waals surface area contributed by atoms with Gasteiger partial charge in [-0.2, -0.15) is 0 Å². The summed E-state index contributed by atoms with van der Waals surface area (Å²) in [6.45, 7) is 8.54. The van der Waals surface area contributed by atoms with Crippen LogP contribution >= 0.6 is 11.3 Å². The number of amides is 1. The van der Waals surface area contributed by atoms with Crippen molar-refractivity contribution >= 4 is 23.0 Å². The fraction of sp³-hybridized carbons (Fsp3) is 0.750. The molecule has 1 amide bonds. The van der Waals surface area contributed by atoms with E-state index in [9.17, 15) is 9.59 Å². The summed E-state index contributed by atoms with van der Waals surface area (Å²) in [4.78, 5) is 34.8. The Bertz CT molecular complexity index is 629. The number of piperazine rings is 1. The van der Waals surface area contributed by atoms with Crippen LogP contribution in [0.1, 0.15) is 72.7 Å². The second-order valence-corrected chi connectivity index (χ2v) is 8.62. The highest BCUT2D eigenvalue weighted by molar-refractivity contribution is 7.13. The van der Waals surface area contributed by atoms with Crippen LogP contribution in [-0.2, 0) is 17.8 Å². The lowest BCUT2D eigenvalue weighted by atomic mass is 9.96. The molecule has 2 heterocycles. The van der Waals surface area contributed by atoms with Crippen LogP contribution in [-0.4, -0.2) is 52.7 Å². The Balaban J connectivity index is 1.52. The van der Waals surface area contributed by atoms with Gasteiger partial charge in [-0.1, -0.05) is 26.7 Å². The molecule has 1 aliphatic heterocycles. The largest absolute Gasteiger partial charge is 0.340 e. The number of aryl methyl sites for hydroxylation is 1. The molecule has 0 unspecified atom stereocenters. The van der Waals surface area contributed by atoms with Crippen LogP contribution in [0.5, 0.6) is 0 Å². The topological polar surface area (TPSA) is 53.5 Å². The molecule has 0 N–H and O–H groups in total. The van der Waals surface area contributed by atoms with Crippen LogP contribution in [0.3, 0.4) is 0 Å². The van der Waals surface area contributed by atoms with E-state index in [1.807, 2.05) is 0 Å². The van der Waals surface area contributed by atoms with Gasteiger partial charge in [-0.05, 0) is 25.7 Å². The van der Waals surface area contributed by atoms with Crippen molar-refractivity contribution in [3.8, 4) is 0 Å². The third-order valence-corrected chi connectivity index (χ3v) is 6.60. The van der Waals surface area contributed by atoms with Crippen molar-refractivity contribution in [2.24, 2.45) is 5.92 Å². The average molecular weight is 378 g/mol. The number of aromatic nitrogens is 1. The molecule has 0 atom stereocenters. The van der Waals surface area contributed by atoms with E-state index in [0.717, 1.165) is 86.8 Å². The fourth-order valence-electron chi connectivity index (χ4n) is 4.05.